The fourth-order valence-electron chi connectivity index (χ4n) is 1.95. The molecule has 0 aromatic rings. The summed E-state index contributed by atoms with van der Waals surface area (Å²) in [6, 6.07) is 0.595. The monoisotopic (exact) mass is 169 g/mol. The molecule has 3 nitrogen and oxygen atoms in total. The molecule has 2 fully saturated rings. The summed E-state index contributed by atoms with van der Waals surface area (Å²) in [5.41, 5.74) is 0. The normalized spacial score (nSPS) is 32.7. The van der Waals surface area contributed by atoms with Crippen LogP contribution in [0.5, 0.6) is 0 Å². The van der Waals surface area contributed by atoms with Gasteiger partial charge in [-0.3, -0.25) is 9.69 Å². The third kappa shape index (κ3) is 1.67. The summed E-state index contributed by atoms with van der Waals surface area (Å²) < 4.78 is 5.31. The summed E-state index contributed by atoms with van der Waals surface area (Å²) in [4.78, 5) is 13.4. The smallest absolute Gasteiger partial charge is 0.135 e. The quantitative estimate of drug-likeness (QED) is 0.570. The highest BCUT2D eigenvalue weighted by Crippen LogP contribution is 2.16. The average Bonchev–Trinajstić information content (AvgIpc) is 2.58. The molecule has 0 unspecified atom stereocenters. The van der Waals surface area contributed by atoms with Gasteiger partial charge in [-0.25, -0.2) is 0 Å². The Morgan fingerprint density at radius 1 is 1.33 bits per heavy atom. The number of Topliss-reactive ketones (excluding diaryl/α,β-unsaturated/α-hetero) is 1. The lowest BCUT2D eigenvalue weighted by Crippen LogP contribution is -2.41. The summed E-state index contributed by atoms with van der Waals surface area (Å²) in [6.45, 7) is 3.67. The maximum atomic E-state index is 11.0. The molecule has 0 N–H and O–H groups in total. The highest BCUT2D eigenvalue weighted by molar-refractivity contribution is 5.79. The van der Waals surface area contributed by atoms with Crippen LogP contribution in [0.1, 0.15) is 19.3 Å². The van der Waals surface area contributed by atoms with E-state index in [0.717, 1.165) is 45.6 Å². The van der Waals surface area contributed by atoms with Crippen LogP contribution in [-0.4, -0.2) is 43.0 Å². The number of ketones is 1. The van der Waals surface area contributed by atoms with Crippen LogP contribution >= 0.6 is 0 Å². The van der Waals surface area contributed by atoms with Crippen LogP contribution in [0.3, 0.4) is 0 Å². The number of piperidine rings is 1. The average molecular weight is 169 g/mol. The molecule has 0 saturated carbocycles. The molecule has 0 radical (unpaired) electrons. The van der Waals surface area contributed by atoms with Crippen molar-refractivity contribution in [2.75, 3.05) is 26.3 Å². The Hall–Kier alpha value is -0.410. The molecule has 0 aliphatic carbocycles. The van der Waals surface area contributed by atoms with Gasteiger partial charge in [0, 0.05) is 38.6 Å². The number of carbonyl (C=O) groups excluding carboxylic acids is 1. The topological polar surface area (TPSA) is 29.5 Å². The number of rotatable bonds is 1. The van der Waals surface area contributed by atoms with Gasteiger partial charge in [0.1, 0.15) is 5.78 Å². The zero-order valence-corrected chi connectivity index (χ0v) is 7.29. The van der Waals surface area contributed by atoms with Crippen molar-refractivity contribution in [1.29, 1.82) is 0 Å². The van der Waals surface area contributed by atoms with Gasteiger partial charge in [-0.15, -0.1) is 0 Å². The summed E-state index contributed by atoms with van der Waals surface area (Å²) in [7, 11) is 0. The maximum absolute atomic E-state index is 11.0. The van der Waals surface area contributed by atoms with Crippen LogP contribution in [-0.2, 0) is 9.53 Å². The molecule has 1 atom stereocenters. The van der Waals surface area contributed by atoms with E-state index in [0.29, 0.717) is 11.8 Å². The lowest BCUT2D eigenvalue weighted by molar-refractivity contribution is -0.121. The standard InChI is InChI=1S/C9H15NO2/c11-9-1-4-10(5-2-9)8-3-6-12-7-8/h8H,1-7H2/t8-/m1/s1. The van der Waals surface area contributed by atoms with Gasteiger partial charge in [0.2, 0.25) is 0 Å². The lowest BCUT2D eigenvalue weighted by atomic mass is 10.1. The Morgan fingerprint density at radius 3 is 2.67 bits per heavy atom. The summed E-state index contributed by atoms with van der Waals surface area (Å²) >= 11 is 0. The molecule has 0 bridgehead atoms. The Balaban J connectivity index is 1.84. The first-order valence-electron chi connectivity index (χ1n) is 4.70. The molecule has 0 aromatic carbocycles. The van der Waals surface area contributed by atoms with Crippen molar-refractivity contribution in [3.05, 3.63) is 0 Å². The van der Waals surface area contributed by atoms with Crippen molar-refractivity contribution in [1.82, 2.24) is 4.90 Å². The summed E-state index contributed by atoms with van der Waals surface area (Å²) in [6.07, 6.45) is 2.64. The number of ether oxygens (including phenoxy) is 1. The molecular weight excluding hydrogens is 154 g/mol. The Bertz CT molecular complexity index is 165. The molecule has 0 spiro atoms. The molecular formula is C9H15NO2. The van der Waals surface area contributed by atoms with Crippen molar-refractivity contribution < 1.29 is 9.53 Å². The predicted octanol–water partition coefficient (Wildman–Crippen LogP) is 0.440. The van der Waals surface area contributed by atoms with Crippen LogP contribution in [0.4, 0.5) is 0 Å². The van der Waals surface area contributed by atoms with Crippen molar-refractivity contribution in [3.63, 3.8) is 0 Å². The van der Waals surface area contributed by atoms with Crippen molar-refractivity contribution in [3.8, 4) is 0 Å². The molecule has 0 amide bonds. The van der Waals surface area contributed by atoms with E-state index in [4.69, 9.17) is 4.74 Å². The van der Waals surface area contributed by atoms with Crippen LogP contribution in [0.15, 0.2) is 0 Å². The van der Waals surface area contributed by atoms with Crippen LogP contribution in [0, 0.1) is 0 Å². The van der Waals surface area contributed by atoms with Crippen molar-refractivity contribution in [2.24, 2.45) is 0 Å². The molecule has 2 rings (SSSR count). The van der Waals surface area contributed by atoms with Gasteiger partial charge in [-0.2, -0.15) is 0 Å². The third-order valence-electron chi connectivity index (χ3n) is 2.78. The number of carbonyl (C=O) groups is 1. The van der Waals surface area contributed by atoms with Gasteiger partial charge in [-0.05, 0) is 6.42 Å². The van der Waals surface area contributed by atoms with E-state index in [1.807, 2.05) is 0 Å². The van der Waals surface area contributed by atoms with E-state index in [2.05, 4.69) is 4.90 Å². The van der Waals surface area contributed by atoms with E-state index >= 15 is 0 Å². The SMILES string of the molecule is O=C1CCN([C@@H]2CCOC2)CC1. The van der Waals surface area contributed by atoms with Gasteiger partial charge in [0.25, 0.3) is 0 Å². The fraction of sp³-hybridized carbons (Fsp3) is 0.889. The molecule has 12 heavy (non-hydrogen) atoms. The summed E-state index contributed by atoms with van der Waals surface area (Å²) in [5.74, 6) is 0.421. The predicted molar refractivity (Wildman–Crippen MR) is 45.0 cm³/mol. The zero-order valence-electron chi connectivity index (χ0n) is 7.29. The second-order valence-electron chi connectivity index (χ2n) is 3.59. The molecule has 3 heteroatoms. The van der Waals surface area contributed by atoms with E-state index in [1.54, 1.807) is 0 Å². The maximum Gasteiger partial charge on any atom is 0.135 e. The molecule has 68 valence electrons. The molecule has 2 heterocycles. The number of hydrogen-bond acceptors (Lipinski definition) is 3. The first-order chi connectivity index (χ1) is 5.86. The lowest BCUT2D eigenvalue weighted by Gasteiger charge is -2.30. The molecule has 2 aliphatic heterocycles. The van der Waals surface area contributed by atoms with Crippen molar-refractivity contribution >= 4 is 5.78 Å². The van der Waals surface area contributed by atoms with Crippen LogP contribution in [0.2, 0.25) is 0 Å². The summed E-state index contributed by atoms with van der Waals surface area (Å²) in [5, 5.41) is 0. The van der Waals surface area contributed by atoms with Crippen LogP contribution in [0.25, 0.3) is 0 Å². The fourth-order valence-corrected chi connectivity index (χ4v) is 1.95. The second-order valence-corrected chi connectivity index (χ2v) is 3.59. The second kappa shape index (κ2) is 3.54. The molecule has 0 aromatic heterocycles. The van der Waals surface area contributed by atoms with E-state index < -0.39 is 0 Å². The van der Waals surface area contributed by atoms with Crippen molar-refractivity contribution in [2.45, 2.75) is 25.3 Å². The van der Waals surface area contributed by atoms with Gasteiger partial charge in [0.15, 0.2) is 0 Å². The van der Waals surface area contributed by atoms with Gasteiger partial charge >= 0.3 is 0 Å². The first-order valence-corrected chi connectivity index (χ1v) is 4.70. The first kappa shape index (κ1) is 8.20. The Morgan fingerprint density at radius 2 is 2.08 bits per heavy atom. The van der Waals surface area contributed by atoms with Gasteiger partial charge in [0.05, 0.1) is 6.61 Å². The Kier molecular flexibility index (Phi) is 2.42. The Labute approximate surface area is 72.7 Å². The molecule has 2 aliphatic rings. The minimum atomic E-state index is 0.421. The van der Waals surface area contributed by atoms with E-state index in [-0.39, 0.29) is 0 Å². The van der Waals surface area contributed by atoms with Gasteiger partial charge < -0.3 is 4.74 Å². The largest absolute Gasteiger partial charge is 0.380 e. The molecule has 2 saturated heterocycles. The van der Waals surface area contributed by atoms with E-state index in [9.17, 15) is 4.79 Å². The third-order valence-corrected chi connectivity index (χ3v) is 2.78. The number of nitrogens with zero attached hydrogens (tertiary/aromatic N) is 1. The number of likely N-dealkylation sites (tertiary alicyclic amines) is 1. The minimum Gasteiger partial charge on any atom is -0.380 e. The van der Waals surface area contributed by atoms with Gasteiger partial charge in [-0.1, -0.05) is 0 Å². The highest BCUT2D eigenvalue weighted by atomic mass is 16.5. The minimum absolute atomic E-state index is 0.421. The highest BCUT2D eigenvalue weighted by Gasteiger charge is 2.26. The van der Waals surface area contributed by atoms with Crippen LogP contribution < -0.4 is 0 Å². The number of hydrogen-bond donors (Lipinski definition) is 0. The van der Waals surface area contributed by atoms with E-state index in [1.165, 1.54) is 0 Å². The zero-order chi connectivity index (χ0) is 8.39.